The first-order valence-corrected chi connectivity index (χ1v) is 5.90. The summed E-state index contributed by atoms with van der Waals surface area (Å²) in [7, 11) is 0. The zero-order valence-corrected chi connectivity index (χ0v) is 10.5. The van der Waals surface area contributed by atoms with Crippen LogP contribution in [0.1, 0.15) is 19.4 Å². The van der Waals surface area contributed by atoms with Crippen LogP contribution >= 0.6 is 11.6 Å². The van der Waals surface area contributed by atoms with Gasteiger partial charge in [0, 0.05) is 10.4 Å². The van der Waals surface area contributed by atoms with Crippen molar-refractivity contribution in [1.82, 2.24) is 4.98 Å². The fourth-order valence-corrected chi connectivity index (χ4v) is 2.06. The number of nitrogens with one attached hydrogen (secondary N) is 1. The normalized spacial score (nSPS) is 11.3. The number of hydrogen-bond donors (Lipinski definition) is 2. The van der Waals surface area contributed by atoms with Gasteiger partial charge in [-0.1, -0.05) is 25.4 Å². The van der Waals surface area contributed by atoms with Crippen LogP contribution in [0.3, 0.4) is 0 Å². The SMILES string of the molecule is CC(C)Cc1c(O)c2cc(Cl)ccc2[nH]c1=O. The van der Waals surface area contributed by atoms with Crippen LogP contribution in [-0.2, 0) is 6.42 Å². The molecule has 0 aliphatic heterocycles. The smallest absolute Gasteiger partial charge is 0.255 e. The molecule has 90 valence electrons. The first-order valence-electron chi connectivity index (χ1n) is 5.52. The van der Waals surface area contributed by atoms with E-state index in [4.69, 9.17) is 11.6 Å². The van der Waals surface area contributed by atoms with Gasteiger partial charge in [0.25, 0.3) is 5.56 Å². The molecule has 0 radical (unpaired) electrons. The molecule has 1 aromatic heterocycles. The summed E-state index contributed by atoms with van der Waals surface area (Å²) in [6.45, 7) is 4.00. The number of H-pyrrole nitrogens is 1. The van der Waals surface area contributed by atoms with Gasteiger partial charge < -0.3 is 10.1 Å². The summed E-state index contributed by atoms with van der Waals surface area (Å²) in [5, 5.41) is 11.3. The predicted octanol–water partition coefficient (Wildman–Crippen LogP) is 3.09. The Labute approximate surface area is 104 Å². The number of aromatic amines is 1. The van der Waals surface area contributed by atoms with Gasteiger partial charge in [-0.25, -0.2) is 0 Å². The Morgan fingerprint density at radius 2 is 2.12 bits per heavy atom. The lowest BCUT2D eigenvalue weighted by atomic mass is 10.0. The first kappa shape index (κ1) is 12.0. The molecule has 0 fully saturated rings. The highest BCUT2D eigenvalue weighted by molar-refractivity contribution is 6.31. The van der Waals surface area contributed by atoms with E-state index in [0.717, 1.165) is 0 Å². The average molecular weight is 252 g/mol. The van der Waals surface area contributed by atoms with Crippen molar-refractivity contribution in [1.29, 1.82) is 0 Å². The second-order valence-corrected chi connectivity index (χ2v) is 5.01. The van der Waals surface area contributed by atoms with Crippen molar-refractivity contribution in [2.45, 2.75) is 20.3 Å². The second kappa shape index (κ2) is 4.41. The minimum absolute atomic E-state index is 0.0416. The predicted molar refractivity (Wildman–Crippen MR) is 69.8 cm³/mol. The van der Waals surface area contributed by atoms with Crippen molar-refractivity contribution in [2.75, 3.05) is 0 Å². The van der Waals surface area contributed by atoms with E-state index < -0.39 is 0 Å². The molecule has 0 amide bonds. The maximum absolute atomic E-state index is 11.8. The van der Waals surface area contributed by atoms with Crippen LogP contribution in [0.2, 0.25) is 5.02 Å². The lowest BCUT2D eigenvalue weighted by molar-refractivity contribution is 0.466. The number of aromatic nitrogens is 1. The molecule has 2 N–H and O–H groups in total. The van der Waals surface area contributed by atoms with Crippen molar-refractivity contribution in [2.24, 2.45) is 5.92 Å². The molecule has 2 aromatic rings. The molecule has 0 bridgehead atoms. The number of benzene rings is 1. The fourth-order valence-electron chi connectivity index (χ4n) is 1.89. The third kappa shape index (κ3) is 2.29. The summed E-state index contributed by atoms with van der Waals surface area (Å²) in [6.07, 6.45) is 0.545. The highest BCUT2D eigenvalue weighted by Crippen LogP contribution is 2.28. The summed E-state index contributed by atoms with van der Waals surface area (Å²) >= 11 is 5.89. The molecule has 0 spiro atoms. The third-order valence-corrected chi connectivity index (χ3v) is 2.89. The number of hydrogen-bond acceptors (Lipinski definition) is 2. The molecule has 0 unspecified atom stereocenters. The van der Waals surface area contributed by atoms with E-state index >= 15 is 0 Å². The van der Waals surface area contributed by atoms with Gasteiger partial charge >= 0.3 is 0 Å². The topological polar surface area (TPSA) is 53.1 Å². The molecule has 0 atom stereocenters. The van der Waals surface area contributed by atoms with E-state index in [1.54, 1.807) is 18.2 Å². The molecule has 0 saturated heterocycles. The van der Waals surface area contributed by atoms with Crippen LogP contribution in [0.15, 0.2) is 23.0 Å². The van der Waals surface area contributed by atoms with Crippen LogP contribution in [0.5, 0.6) is 5.75 Å². The quantitative estimate of drug-likeness (QED) is 0.862. The Balaban J connectivity index is 2.73. The van der Waals surface area contributed by atoms with Crippen LogP contribution in [0.25, 0.3) is 10.9 Å². The molecule has 0 aliphatic rings. The Hall–Kier alpha value is -1.48. The zero-order valence-electron chi connectivity index (χ0n) is 9.75. The fraction of sp³-hybridized carbons (Fsp3) is 0.308. The average Bonchev–Trinajstić information content (AvgIpc) is 2.25. The molecule has 3 nitrogen and oxygen atoms in total. The van der Waals surface area contributed by atoms with Crippen molar-refractivity contribution in [3.8, 4) is 5.75 Å². The van der Waals surface area contributed by atoms with Gasteiger partial charge in [-0.2, -0.15) is 0 Å². The van der Waals surface area contributed by atoms with Gasteiger partial charge in [0.05, 0.1) is 11.1 Å². The van der Waals surface area contributed by atoms with E-state index in [0.29, 0.717) is 33.8 Å². The van der Waals surface area contributed by atoms with E-state index in [2.05, 4.69) is 4.98 Å². The van der Waals surface area contributed by atoms with Crippen LogP contribution < -0.4 is 5.56 Å². The molecule has 17 heavy (non-hydrogen) atoms. The zero-order chi connectivity index (χ0) is 12.6. The van der Waals surface area contributed by atoms with Crippen LogP contribution in [-0.4, -0.2) is 10.1 Å². The van der Waals surface area contributed by atoms with E-state index in [1.165, 1.54) is 0 Å². The monoisotopic (exact) mass is 251 g/mol. The van der Waals surface area contributed by atoms with Gasteiger partial charge in [0.15, 0.2) is 0 Å². The van der Waals surface area contributed by atoms with Gasteiger partial charge in [0.2, 0.25) is 0 Å². The lowest BCUT2D eigenvalue weighted by Crippen LogP contribution is -2.14. The third-order valence-electron chi connectivity index (χ3n) is 2.66. The van der Waals surface area contributed by atoms with Gasteiger partial charge in [0.1, 0.15) is 5.75 Å². The molecule has 0 aliphatic carbocycles. The van der Waals surface area contributed by atoms with Gasteiger partial charge in [-0.3, -0.25) is 4.79 Å². The Bertz CT molecular complexity index is 617. The number of fused-ring (bicyclic) bond motifs is 1. The van der Waals surface area contributed by atoms with Crippen molar-refractivity contribution in [3.63, 3.8) is 0 Å². The molecule has 0 saturated carbocycles. The molecular formula is C13H14ClNO2. The summed E-state index contributed by atoms with van der Waals surface area (Å²) < 4.78 is 0. The molecule has 1 aromatic carbocycles. The number of aromatic hydroxyl groups is 1. The summed E-state index contributed by atoms with van der Waals surface area (Å²) in [4.78, 5) is 14.6. The minimum Gasteiger partial charge on any atom is -0.507 e. The highest BCUT2D eigenvalue weighted by atomic mass is 35.5. The first-order chi connectivity index (χ1) is 7.99. The van der Waals surface area contributed by atoms with E-state index in [-0.39, 0.29) is 11.3 Å². The van der Waals surface area contributed by atoms with E-state index in [1.807, 2.05) is 13.8 Å². The number of pyridine rings is 1. The van der Waals surface area contributed by atoms with Gasteiger partial charge in [-0.15, -0.1) is 0 Å². The van der Waals surface area contributed by atoms with Crippen LogP contribution in [0, 0.1) is 5.92 Å². The summed E-state index contributed by atoms with van der Waals surface area (Å²) in [5.74, 6) is 0.346. The second-order valence-electron chi connectivity index (χ2n) is 4.57. The maximum Gasteiger partial charge on any atom is 0.255 e. The molecule has 1 heterocycles. The van der Waals surface area contributed by atoms with Gasteiger partial charge in [-0.05, 0) is 30.5 Å². The maximum atomic E-state index is 11.8. The van der Waals surface area contributed by atoms with Crippen molar-refractivity contribution >= 4 is 22.5 Å². The van der Waals surface area contributed by atoms with Crippen molar-refractivity contribution in [3.05, 3.63) is 39.1 Å². The molecule has 2 rings (SSSR count). The Morgan fingerprint density at radius 3 is 2.76 bits per heavy atom. The highest BCUT2D eigenvalue weighted by Gasteiger charge is 2.13. The number of halogens is 1. The largest absolute Gasteiger partial charge is 0.507 e. The number of rotatable bonds is 2. The minimum atomic E-state index is -0.231. The van der Waals surface area contributed by atoms with Crippen LogP contribution in [0.4, 0.5) is 0 Å². The Kier molecular flexibility index (Phi) is 3.11. The van der Waals surface area contributed by atoms with E-state index in [9.17, 15) is 9.90 Å². The Morgan fingerprint density at radius 1 is 1.41 bits per heavy atom. The van der Waals surface area contributed by atoms with Crippen molar-refractivity contribution < 1.29 is 5.11 Å². The summed E-state index contributed by atoms with van der Waals surface area (Å²) in [5.41, 5.74) is 0.796. The molecular weight excluding hydrogens is 238 g/mol. The summed E-state index contributed by atoms with van der Waals surface area (Å²) in [6, 6.07) is 5.03. The lowest BCUT2D eigenvalue weighted by Gasteiger charge is -2.09. The standard InChI is InChI=1S/C13H14ClNO2/c1-7(2)5-10-12(16)9-6-8(14)3-4-11(9)15-13(10)17/h3-4,6-7H,5H2,1-2H3,(H2,15,16,17). The molecule has 4 heteroatoms.